The quantitative estimate of drug-likeness (QED) is 0.854. The molecule has 4 heteroatoms. The highest BCUT2D eigenvalue weighted by molar-refractivity contribution is 5.64. The zero-order valence-electron chi connectivity index (χ0n) is 9.57. The normalized spacial score (nSPS) is 10.2. The predicted octanol–water partition coefficient (Wildman–Crippen LogP) is 2.72. The maximum absolute atomic E-state index is 12.7. The molecular weight excluding hydrogens is 217 g/mol. The summed E-state index contributed by atoms with van der Waals surface area (Å²) < 4.78 is 12.7. The standard InChI is InChI=1S/C13H14FN3/c1-9-6-7-16-13(12(9)15)17-8-10-2-4-11(14)5-3-10/h2-7H,8,15H2,1H3,(H,16,17). The Labute approximate surface area is 99.5 Å². The lowest BCUT2D eigenvalue weighted by Gasteiger charge is -2.09. The topological polar surface area (TPSA) is 50.9 Å². The van der Waals surface area contributed by atoms with E-state index in [1.165, 1.54) is 12.1 Å². The van der Waals surface area contributed by atoms with Crippen LogP contribution < -0.4 is 11.1 Å². The van der Waals surface area contributed by atoms with Crippen molar-refractivity contribution in [1.82, 2.24) is 4.98 Å². The van der Waals surface area contributed by atoms with Crippen molar-refractivity contribution in [2.45, 2.75) is 13.5 Å². The van der Waals surface area contributed by atoms with Crippen LogP contribution in [-0.4, -0.2) is 4.98 Å². The molecule has 0 unspecified atom stereocenters. The summed E-state index contributed by atoms with van der Waals surface area (Å²) in [4.78, 5) is 4.16. The number of aromatic nitrogens is 1. The second-order valence-corrected chi connectivity index (χ2v) is 3.87. The van der Waals surface area contributed by atoms with Crippen molar-refractivity contribution in [3.05, 3.63) is 53.5 Å². The molecule has 2 rings (SSSR count). The van der Waals surface area contributed by atoms with E-state index < -0.39 is 0 Å². The van der Waals surface area contributed by atoms with Gasteiger partial charge in [0.25, 0.3) is 0 Å². The summed E-state index contributed by atoms with van der Waals surface area (Å²) in [7, 11) is 0. The van der Waals surface area contributed by atoms with E-state index in [-0.39, 0.29) is 5.82 Å². The molecule has 3 nitrogen and oxygen atoms in total. The van der Waals surface area contributed by atoms with Crippen LogP contribution in [0.1, 0.15) is 11.1 Å². The minimum Gasteiger partial charge on any atom is -0.396 e. The van der Waals surface area contributed by atoms with Gasteiger partial charge in [-0.05, 0) is 36.2 Å². The Kier molecular flexibility index (Phi) is 3.23. The zero-order chi connectivity index (χ0) is 12.3. The number of pyridine rings is 1. The van der Waals surface area contributed by atoms with Crippen LogP contribution in [0.3, 0.4) is 0 Å². The highest BCUT2D eigenvalue weighted by atomic mass is 19.1. The van der Waals surface area contributed by atoms with Crippen LogP contribution in [0.15, 0.2) is 36.5 Å². The molecule has 0 fully saturated rings. The van der Waals surface area contributed by atoms with Gasteiger partial charge in [-0.25, -0.2) is 9.37 Å². The van der Waals surface area contributed by atoms with Crippen LogP contribution in [-0.2, 0) is 6.54 Å². The molecule has 0 spiro atoms. The molecule has 2 aromatic rings. The molecule has 0 bridgehead atoms. The van der Waals surface area contributed by atoms with Crippen LogP contribution in [0.4, 0.5) is 15.9 Å². The SMILES string of the molecule is Cc1ccnc(NCc2ccc(F)cc2)c1N. The molecule has 1 heterocycles. The monoisotopic (exact) mass is 231 g/mol. The van der Waals surface area contributed by atoms with Crippen molar-refractivity contribution in [2.75, 3.05) is 11.1 Å². The molecule has 1 aromatic carbocycles. The molecule has 0 radical (unpaired) electrons. The zero-order valence-corrected chi connectivity index (χ0v) is 9.57. The van der Waals surface area contributed by atoms with Gasteiger partial charge in [-0.15, -0.1) is 0 Å². The fourth-order valence-corrected chi connectivity index (χ4v) is 1.50. The minimum atomic E-state index is -0.234. The number of nitrogens with two attached hydrogens (primary N) is 1. The highest BCUT2D eigenvalue weighted by Gasteiger charge is 2.02. The molecule has 17 heavy (non-hydrogen) atoms. The summed E-state index contributed by atoms with van der Waals surface area (Å²) in [6.45, 7) is 2.50. The van der Waals surface area contributed by atoms with Gasteiger partial charge < -0.3 is 11.1 Å². The number of rotatable bonds is 3. The Hall–Kier alpha value is -2.10. The van der Waals surface area contributed by atoms with Crippen molar-refractivity contribution in [3.8, 4) is 0 Å². The van der Waals surface area contributed by atoms with Crippen molar-refractivity contribution in [3.63, 3.8) is 0 Å². The highest BCUT2D eigenvalue weighted by Crippen LogP contribution is 2.19. The van der Waals surface area contributed by atoms with Crippen LogP contribution in [0.5, 0.6) is 0 Å². The number of hydrogen-bond donors (Lipinski definition) is 2. The molecule has 0 aliphatic rings. The summed E-state index contributed by atoms with van der Waals surface area (Å²) in [5.74, 6) is 0.427. The summed E-state index contributed by atoms with van der Waals surface area (Å²) in [6.07, 6.45) is 1.71. The number of anilines is 2. The molecule has 0 saturated carbocycles. The predicted molar refractivity (Wildman–Crippen MR) is 67.1 cm³/mol. The first-order valence-corrected chi connectivity index (χ1v) is 5.36. The molecule has 1 aromatic heterocycles. The lowest BCUT2D eigenvalue weighted by molar-refractivity contribution is 0.627. The van der Waals surface area contributed by atoms with E-state index in [1.54, 1.807) is 18.3 Å². The average molecular weight is 231 g/mol. The molecule has 0 aliphatic carbocycles. The smallest absolute Gasteiger partial charge is 0.149 e. The third-order valence-corrected chi connectivity index (χ3v) is 2.58. The first-order valence-electron chi connectivity index (χ1n) is 5.36. The van der Waals surface area contributed by atoms with Crippen molar-refractivity contribution >= 4 is 11.5 Å². The molecule has 3 N–H and O–H groups in total. The van der Waals surface area contributed by atoms with Gasteiger partial charge in [0.05, 0.1) is 5.69 Å². The lowest BCUT2D eigenvalue weighted by Crippen LogP contribution is -2.05. The Morgan fingerprint density at radius 2 is 1.94 bits per heavy atom. The van der Waals surface area contributed by atoms with Crippen LogP contribution in [0.2, 0.25) is 0 Å². The van der Waals surface area contributed by atoms with Gasteiger partial charge in [0.1, 0.15) is 11.6 Å². The van der Waals surface area contributed by atoms with E-state index >= 15 is 0 Å². The van der Waals surface area contributed by atoms with Gasteiger partial charge in [-0.1, -0.05) is 12.1 Å². The number of benzene rings is 1. The number of aryl methyl sites for hydroxylation is 1. The van der Waals surface area contributed by atoms with Crippen molar-refractivity contribution in [2.24, 2.45) is 0 Å². The van der Waals surface area contributed by atoms with Gasteiger partial charge in [0.2, 0.25) is 0 Å². The molecule has 0 aliphatic heterocycles. The summed E-state index contributed by atoms with van der Waals surface area (Å²) in [5, 5.41) is 3.13. The summed E-state index contributed by atoms with van der Waals surface area (Å²) in [6, 6.07) is 8.19. The van der Waals surface area contributed by atoms with E-state index in [4.69, 9.17) is 5.73 Å². The number of nitrogen functional groups attached to an aromatic ring is 1. The first-order chi connectivity index (χ1) is 8.16. The number of halogens is 1. The maximum atomic E-state index is 12.7. The summed E-state index contributed by atoms with van der Waals surface area (Å²) in [5.41, 5.74) is 8.50. The van der Waals surface area contributed by atoms with Gasteiger partial charge in [0.15, 0.2) is 0 Å². The lowest BCUT2D eigenvalue weighted by atomic mass is 10.2. The minimum absolute atomic E-state index is 0.234. The molecule has 88 valence electrons. The first kappa shape index (κ1) is 11.4. The summed E-state index contributed by atoms with van der Waals surface area (Å²) >= 11 is 0. The number of nitrogens with zero attached hydrogens (tertiary/aromatic N) is 1. The maximum Gasteiger partial charge on any atom is 0.149 e. The Morgan fingerprint density at radius 3 is 2.65 bits per heavy atom. The fourth-order valence-electron chi connectivity index (χ4n) is 1.50. The second-order valence-electron chi connectivity index (χ2n) is 3.87. The van der Waals surface area contributed by atoms with Gasteiger partial charge in [0, 0.05) is 12.7 Å². The fraction of sp³-hybridized carbons (Fsp3) is 0.154. The number of nitrogens with one attached hydrogen (secondary N) is 1. The van der Waals surface area contributed by atoms with E-state index in [9.17, 15) is 4.39 Å². The van der Waals surface area contributed by atoms with Crippen LogP contribution in [0.25, 0.3) is 0 Å². The van der Waals surface area contributed by atoms with Crippen LogP contribution >= 0.6 is 0 Å². The van der Waals surface area contributed by atoms with E-state index in [0.29, 0.717) is 18.1 Å². The van der Waals surface area contributed by atoms with Crippen molar-refractivity contribution in [1.29, 1.82) is 0 Å². The Morgan fingerprint density at radius 1 is 1.24 bits per heavy atom. The van der Waals surface area contributed by atoms with Gasteiger partial charge in [-0.2, -0.15) is 0 Å². The Bertz CT molecular complexity index is 509. The average Bonchev–Trinajstić information content (AvgIpc) is 2.33. The van der Waals surface area contributed by atoms with Gasteiger partial charge >= 0.3 is 0 Å². The second kappa shape index (κ2) is 4.82. The molecule has 0 saturated heterocycles. The molecule has 0 amide bonds. The molecule has 0 atom stereocenters. The van der Waals surface area contributed by atoms with Crippen LogP contribution in [0, 0.1) is 12.7 Å². The molecular formula is C13H14FN3. The number of hydrogen-bond acceptors (Lipinski definition) is 3. The Balaban J connectivity index is 2.07. The largest absolute Gasteiger partial charge is 0.396 e. The van der Waals surface area contributed by atoms with E-state index in [0.717, 1.165) is 11.1 Å². The van der Waals surface area contributed by atoms with E-state index in [1.807, 2.05) is 13.0 Å². The third-order valence-electron chi connectivity index (χ3n) is 2.58. The third kappa shape index (κ3) is 2.72. The van der Waals surface area contributed by atoms with Crippen molar-refractivity contribution < 1.29 is 4.39 Å². The van der Waals surface area contributed by atoms with E-state index in [2.05, 4.69) is 10.3 Å². The van der Waals surface area contributed by atoms with Gasteiger partial charge in [-0.3, -0.25) is 0 Å².